The molecule has 2 aromatic carbocycles. The normalized spacial score (nSPS) is 14.9. The van der Waals surface area contributed by atoms with Crippen molar-refractivity contribution in [2.45, 2.75) is 0 Å². The molecule has 0 aliphatic carbocycles. The Morgan fingerprint density at radius 1 is 1.07 bits per heavy atom. The van der Waals surface area contributed by atoms with Crippen molar-refractivity contribution < 1.29 is 9.53 Å². The molecular formula is C23H27ClN4O2. The number of aromatic amines is 1. The SMILES string of the molecule is COCCN1CCN(C(=O)c2ccc(/C=C/c3n[nH]c4ccccc34)cc2)CC1.Cl. The quantitative estimate of drug-likeness (QED) is 0.654. The highest BCUT2D eigenvalue weighted by Crippen LogP contribution is 2.18. The number of nitrogens with zero attached hydrogens (tertiary/aromatic N) is 3. The van der Waals surface area contributed by atoms with E-state index in [0.717, 1.165) is 67.1 Å². The Kier molecular flexibility index (Phi) is 7.63. The smallest absolute Gasteiger partial charge is 0.253 e. The minimum atomic E-state index is 0. The van der Waals surface area contributed by atoms with E-state index in [2.05, 4.69) is 21.2 Å². The Balaban J connectivity index is 0.00000256. The lowest BCUT2D eigenvalue weighted by Gasteiger charge is -2.34. The summed E-state index contributed by atoms with van der Waals surface area (Å²) >= 11 is 0. The van der Waals surface area contributed by atoms with Gasteiger partial charge in [-0.3, -0.25) is 14.8 Å². The van der Waals surface area contributed by atoms with Crippen LogP contribution in [0.5, 0.6) is 0 Å². The molecule has 158 valence electrons. The van der Waals surface area contributed by atoms with Crippen molar-refractivity contribution in [1.29, 1.82) is 0 Å². The molecule has 0 saturated carbocycles. The van der Waals surface area contributed by atoms with Crippen molar-refractivity contribution in [3.8, 4) is 0 Å². The Morgan fingerprint density at radius 2 is 1.80 bits per heavy atom. The lowest BCUT2D eigenvalue weighted by molar-refractivity contribution is 0.0594. The summed E-state index contributed by atoms with van der Waals surface area (Å²) in [5, 5.41) is 8.49. The summed E-state index contributed by atoms with van der Waals surface area (Å²) in [4.78, 5) is 17.0. The average Bonchev–Trinajstić information content (AvgIpc) is 3.20. The fourth-order valence-electron chi connectivity index (χ4n) is 3.60. The molecule has 7 heteroatoms. The molecule has 6 nitrogen and oxygen atoms in total. The van der Waals surface area contributed by atoms with Crippen LogP contribution in [0, 0.1) is 0 Å². The standard InChI is InChI=1S/C23H26N4O2.ClH/c1-29-17-16-26-12-14-27(15-13-26)23(28)19-9-6-18(7-10-19)8-11-22-20-4-2-3-5-21(20)24-25-22;/h2-11H,12-17H2,1H3,(H,24,25);1H/b11-8+;. The number of halogens is 1. The molecule has 4 rings (SSSR count). The molecule has 1 N–H and O–H groups in total. The number of methoxy groups -OCH3 is 1. The lowest BCUT2D eigenvalue weighted by atomic mass is 10.1. The molecule has 2 heterocycles. The lowest BCUT2D eigenvalue weighted by Crippen LogP contribution is -2.49. The van der Waals surface area contributed by atoms with Gasteiger partial charge in [0.25, 0.3) is 5.91 Å². The number of carbonyl (C=O) groups excluding carboxylic acids is 1. The Morgan fingerprint density at radius 3 is 2.53 bits per heavy atom. The summed E-state index contributed by atoms with van der Waals surface area (Å²) in [6.45, 7) is 4.97. The maximum Gasteiger partial charge on any atom is 0.253 e. The van der Waals surface area contributed by atoms with Crippen LogP contribution in [0.3, 0.4) is 0 Å². The van der Waals surface area contributed by atoms with Gasteiger partial charge in [0.15, 0.2) is 0 Å². The number of benzene rings is 2. The number of amides is 1. The molecule has 1 aliphatic rings. The number of rotatable bonds is 6. The summed E-state index contributed by atoms with van der Waals surface area (Å²) in [6.07, 6.45) is 4.01. The van der Waals surface area contributed by atoms with Gasteiger partial charge in [-0.2, -0.15) is 5.10 Å². The molecule has 30 heavy (non-hydrogen) atoms. The van der Waals surface area contributed by atoms with E-state index in [4.69, 9.17) is 4.74 Å². The molecule has 0 unspecified atom stereocenters. The number of nitrogens with one attached hydrogen (secondary N) is 1. The highest BCUT2D eigenvalue weighted by atomic mass is 35.5. The second kappa shape index (κ2) is 10.4. The van der Waals surface area contributed by atoms with Gasteiger partial charge in [-0.05, 0) is 29.8 Å². The first-order chi connectivity index (χ1) is 14.2. The molecule has 1 fully saturated rings. The molecule has 1 amide bonds. The van der Waals surface area contributed by atoms with Crippen molar-refractivity contribution in [3.05, 3.63) is 65.4 Å². The van der Waals surface area contributed by atoms with Crippen LogP contribution in [-0.4, -0.2) is 72.3 Å². The van der Waals surface area contributed by atoms with Crippen molar-refractivity contribution in [1.82, 2.24) is 20.0 Å². The zero-order valence-corrected chi connectivity index (χ0v) is 17.9. The fraction of sp³-hybridized carbons (Fsp3) is 0.304. The molecule has 0 spiro atoms. The minimum absolute atomic E-state index is 0. The van der Waals surface area contributed by atoms with E-state index in [1.165, 1.54) is 0 Å². The zero-order valence-electron chi connectivity index (χ0n) is 17.1. The third-order valence-corrected chi connectivity index (χ3v) is 5.36. The van der Waals surface area contributed by atoms with Crippen LogP contribution in [0.2, 0.25) is 0 Å². The molecule has 1 aromatic heterocycles. The Hall–Kier alpha value is -2.67. The van der Waals surface area contributed by atoms with E-state index >= 15 is 0 Å². The van der Waals surface area contributed by atoms with Crippen LogP contribution in [0.4, 0.5) is 0 Å². The van der Waals surface area contributed by atoms with Crippen LogP contribution < -0.4 is 0 Å². The molecular weight excluding hydrogens is 400 g/mol. The predicted molar refractivity (Wildman–Crippen MR) is 123 cm³/mol. The maximum absolute atomic E-state index is 12.8. The first kappa shape index (κ1) is 22.0. The third-order valence-electron chi connectivity index (χ3n) is 5.36. The van der Waals surface area contributed by atoms with Crippen LogP contribution in [-0.2, 0) is 4.74 Å². The van der Waals surface area contributed by atoms with Crippen LogP contribution in [0.25, 0.3) is 23.1 Å². The number of piperazine rings is 1. The highest BCUT2D eigenvalue weighted by molar-refractivity contribution is 5.95. The Labute approximate surface area is 182 Å². The van der Waals surface area contributed by atoms with Gasteiger partial charge in [0.2, 0.25) is 0 Å². The number of fused-ring (bicyclic) bond motifs is 1. The first-order valence-electron chi connectivity index (χ1n) is 9.96. The molecule has 0 bridgehead atoms. The van der Waals surface area contributed by atoms with Crippen molar-refractivity contribution in [3.63, 3.8) is 0 Å². The third kappa shape index (κ3) is 5.08. The second-order valence-corrected chi connectivity index (χ2v) is 7.24. The topological polar surface area (TPSA) is 61.5 Å². The summed E-state index contributed by atoms with van der Waals surface area (Å²) in [5.74, 6) is 0.102. The van der Waals surface area contributed by atoms with E-state index in [1.807, 2.05) is 59.5 Å². The Bertz CT molecular complexity index is 992. The van der Waals surface area contributed by atoms with E-state index in [0.29, 0.717) is 0 Å². The van der Waals surface area contributed by atoms with Crippen molar-refractivity contribution >= 4 is 41.4 Å². The van der Waals surface area contributed by atoms with E-state index in [9.17, 15) is 4.79 Å². The van der Waals surface area contributed by atoms with Crippen molar-refractivity contribution in [2.75, 3.05) is 46.4 Å². The summed E-state index contributed by atoms with van der Waals surface area (Å²) < 4.78 is 5.13. The number of ether oxygens (including phenoxy) is 1. The van der Waals surface area contributed by atoms with Gasteiger partial charge in [0.05, 0.1) is 17.8 Å². The van der Waals surface area contributed by atoms with Crippen LogP contribution >= 0.6 is 12.4 Å². The van der Waals surface area contributed by atoms with Gasteiger partial charge >= 0.3 is 0 Å². The monoisotopic (exact) mass is 426 g/mol. The summed E-state index contributed by atoms with van der Waals surface area (Å²) in [6, 6.07) is 15.8. The number of hydrogen-bond acceptors (Lipinski definition) is 4. The zero-order chi connectivity index (χ0) is 20.1. The van der Waals surface area contributed by atoms with Gasteiger partial charge in [-0.1, -0.05) is 36.4 Å². The molecule has 3 aromatic rings. The maximum atomic E-state index is 12.8. The number of para-hydroxylation sites is 1. The van der Waals surface area contributed by atoms with Gasteiger partial charge in [-0.25, -0.2) is 0 Å². The van der Waals surface area contributed by atoms with Gasteiger partial charge < -0.3 is 9.64 Å². The summed E-state index contributed by atoms with van der Waals surface area (Å²) in [5.41, 5.74) is 3.71. The largest absolute Gasteiger partial charge is 0.383 e. The molecule has 1 saturated heterocycles. The predicted octanol–water partition coefficient (Wildman–Crippen LogP) is 3.56. The van der Waals surface area contributed by atoms with E-state index < -0.39 is 0 Å². The second-order valence-electron chi connectivity index (χ2n) is 7.24. The van der Waals surface area contributed by atoms with Crippen molar-refractivity contribution in [2.24, 2.45) is 0 Å². The van der Waals surface area contributed by atoms with Crippen LogP contribution in [0.15, 0.2) is 48.5 Å². The minimum Gasteiger partial charge on any atom is -0.383 e. The first-order valence-corrected chi connectivity index (χ1v) is 9.96. The highest BCUT2D eigenvalue weighted by Gasteiger charge is 2.21. The fourth-order valence-corrected chi connectivity index (χ4v) is 3.60. The number of H-pyrrole nitrogens is 1. The van der Waals surface area contributed by atoms with Gasteiger partial charge in [0.1, 0.15) is 0 Å². The molecule has 1 aliphatic heterocycles. The van der Waals surface area contributed by atoms with Gasteiger partial charge in [0, 0.05) is 50.8 Å². The number of aromatic nitrogens is 2. The molecule has 0 radical (unpaired) electrons. The number of hydrogen-bond donors (Lipinski definition) is 1. The van der Waals surface area contributed by atoms with Gasteiger partial charge in [-0.15, -0.1) is 12.4 Å². The van der Waals surface area contributed by atoms with E-state index in [1.54, 1.807) is 7.11 Å². The van der Waals surface area contributed by atoms with Crippen LogP contribution in [0.1, 0.15) is 21.6 Å². The summed E-state index contributed by atoms with van der Waals surface area (Å²) in [7, 11) is 1.72. The average molecular weight is 427 g/mol. The number of carbonyl (C=O) groups is 1. The molecule has 0 atom stereocenters. The van der Waals surface area contributed by atoms with E-state index in [-0.39, 0.29) is 18.3 Å².